The number of hydrogen-bond donors (Lipinski definition) is 0. The third-order valence-electron chi connectivity index (χ3n) is 5.39. The van der Waals surface area contributed by atoms with Gasteiger partial charge in [0.15, 0.2) is 17.6 Å². The molecular formula is C25H30N2O5. The van der Waals surface area contributed by atoms with Gasteiger partial charge in [-0.25, -0.2) is 4.79 Å². The molecule has 170 valence electrons. The van der Waals surface area contributed by atoms with Crippen molar-refractivity contribution in [3.8, 4) is 11.5 Å². The van der Waals surface area contributed by atoms with Crippen molar-refractivity contribution in [1.82, 2.24) is 9.80 Å². The number of nitrogens with zero attached hydrogens (tertiary/aromatic N) is 2. The summed E-state index contributed by atoms with van der Waals surface area (Å²) in [5, 5.41) is 0. The van der Waals surface area contributed by atoms with Crippen LogP contribution in [-0.2, 0) is 20.9 Å². The maximum atomic E-state index is 12.7. The molecule has 1 atom stereocenters. The third kappa shape index (κ3) is 6.34. The van der Waals surface area contributed by atoms with E-state index < -0.39 is 12.1 Å². The number of amides is 1. The average Bonchev–Trinajstić information content (AvgIpc) is 2.83. The fourth-order valence-corrected chi connectivity index (χ4v) is 3.61. The van der Waals surface area contributed by atoms with Crippen molar-refractivity contribution in [2.45, 2.75) is 19.6 Å². The highest BCUT2D eigenvalue weighted by atomic mass is 16.5. The van der Waals surface area contributed by atoms with E-state index in [4.69, 9.17) is 14.2 Å². The van der Waals surface area contributed by atoms with Gasteiger partial charge in [-0.1, -0.05) is 36.4 Å². The van der Waals surface area contributed by atoms with Crippen molar-refractivity contribution in [1.29, 1.82) is 0 Å². The standard InChI is InChI=1S/C25H30N2O5/c1-19(32-24(28)12-10-20-9-11-22(30-2)23(17-20)31-3)25(29)27-15-13-26(14-16-27)18-21-7-5-4-6-8-21/h4-12,17,19H,13-16,18H2,1-3H3/b12-10+. The van der Waals surface area contributed by atoms with E-state index in [-0.39, 0.29) is 5.91 Å². The summed E-state index contributed by atoms with van der Waals surface area (Å²) in [7, 11) is 3.11. The van der Waals surface area contributed by atoms with Crippen LogP contribution in [0.2, 0.25) is 0 Å². The van der Waals surface area contributed by atoms with Crippen LogP contribution < -0.4 is 9.47 Å². The zero-order valence-corrected chi connectivity index (χ0v) is 18.8. The summed E-state index contributed by atoms with van der Waals surface area (Å²) in [5.74, 6) is 0.439. The van der Waals surface area contributed by atoms with E-state index in [0.717, 1.165) is 25.2 Å². The van der Waals surface area contributed by atoms with Crippen molar-refractivity contribution in [3.63, 3.8) is 0 Å². The van der Waals surface area contributed by atoms with Gasteiger partial charge in [-0.2, -0.15) is 0 Å². The predicted molar refractivity (Wildman–Crippen MR) is 122 cm³/mol. The van der Waals surface area contributed by atoms with Crippen LogP contribution in [0.4, 0.5) is 0 Å². The first-order valence-electron chi connectivity index (χ1n) is 10.7. The molecule has 3 rings (SSSR count). The molecule has 2 aromatic rings. The van der Waals surface area contributed by atoms with E-state index in [1.54, 1.807) is 50.3 Å². The molecule has 0 aliphatic carbocycles. The van der Waals surface area contributed by atoms with Gasteiger partial charge in [0.1, 0.15) is 0 Å². The third-order valence-corrected chi connectivity index (χ3v) is 5.39. The van der Waals surface area contributed by atoms with Crippen molar-refractivity contribution >= 4 is 18.0 Å². The maximum Gasteiger partial charge on any atom is 0.331 e. The van der Waals surface area contributed by atoms with Crippen LogP contribution in [0.15, 0.2) is 54.6 Å². The summed E-state index contributed by atoms with van der Waals surface area (Å²) >= 11 is 0. The molecule has 0 bridgehead atoms. The van der Waals surface area contributed by atoms with E-state index in [9.17, 15) is 9.59 Å². The molecule has 7 heteroatoms. The van der Waals surface area contributed by atoms with Crippen LogP contribution in [0.25, 0.3) is 6.08 Å². The monoisotopic (exact) mass is 438 g/mol. The van der Waals surface area contributed by atoms with Crippen molar-refractivity contribution in [3.05, 3.63) is 65.7 Å². The zero-order valence-electron chi connectivity index (χ0n) is 18.8. The first-order chi connectivity index (χ1) is 15.5. The fraction of sp³-hybridized carbons (Fsp3) is 0.360. The van der Waals surface area contributed by atoms with Gasteiger partial charge < -0.3 is 19.1 Å². The van der Waals surface area contributed by atoms with Crippen LogP contribution in [0.5, 0.6) is 11.5 Å². The molecule has 1 heterocycles. The SMILES string of the molecule is COc1ccc(/C=C/C(=O)OC(C)C(=O)N2CCN(Cc3ccccc3)CC2)cc1OC. The lowest BCUT2D eigenvalue weighted by atomic mass is 10.2. The van der Waals surface area contributed by atoms with E-state index in [2.05, 4.69) is 17.0 Å². The van der Waals surface area contributed by atoms with Crippen molar-refractivity contribution < 1.29 is 23.8 Å². The van der Waals surface area contributed by atoms with Crippen LogP contribution in [0.3, 0.4) is 0 Å². The zero-order chi connectivity index (χ0) is 22.9. The van der Waals surface area contributed by atoms with Gasteiger partial charge in [-0.15, -0.1) is 0 Å². The van der Waals surface area contributed by atoms with Crippen LogP contribution in [0, 0.1) is 0 Å². The Hall–Kier alpha value is -3.32. The Balaban J connectivity index is 1.47. The molecule has 1 fully saturated rings. The Labute approximate surface area is 189 Å². The minimum atomic E-state index is -0.835. The highest BCUT2D eigenvalue weighted by Gasteiger charge is 2.26. The minimum absolute atomic E-state index is 0.169. The molecule has 0 spiro atoms. The Morgan fingerprint density at radius 3 is 2.31 bits per heavy atom. The summed E-state index contributed by atoms with van der Waals surface area (Å²) in [5.41, 5.74) is 2.02. The Kier molecular flexibility index (Phi) is 8.27. The van der Waals surface area contributed by atoms with Crippen LogP contribution in [-0.4, -0.2) is 68.2 Å². The molecule has 7 nitrogen and oxygen atoms in total. The van der Waals surface area contributed by atoms with Gasteiger partial charge in [0.05, 0.1) is 14.2 Å². The highest BCUT2D eigenvalue weighted by Crippen LogP contribution is 2.28. The van der Waals surface area contributed by atoms with Crippen LogP contribution >= 0.6 is 0 Å². The number of rotatable bonds is 8. The molecule has 1 amide bonds. The second-order valence-corrected chi connectivity index (χ2v) is 7.61. The first kappa shape index (κ1) is 23.3. The molecule has 1 unspecified atom stereocenters. The number of carbonyl (C=O) groups excluding carboxylic acids is 2. The van der Waals surface area contributed by atoms with Gasteiger partial charge >= 0.3 is 5.97 Å². The fourth-order valence-electron chi connectivity index (χ4n) is 3.61. The summed E-state index contributed by atoms with van der Waals surface area (Å²) in [6.07, 6.45) is 2.09. The minimum Gasteiger partial charge on any atom is -0.493 e. The van der Waals surface area contributed by atoms with Crippen LogP contribution in [0.1, 0.15) is 18.1 Å². The molecule has 1 aliphatic rings. The maximum absolute atomic E-state index is 12.7. The Morgan fingerprint density at radius 2 is 1.66 bits per heavy atom. The molecule has 32 heavy (non-hydrogen) atoms. The average molecular weight is 439 g/mol. The Morgan fingerprint density at radius 1 is 0.969 bits per heavy atom. The van der Waals surface area contributed by atoms with E-state index >= 15 is 0 Å². The van der Waals surface area contributed by atoms with E-state index in [1.807, 2.05) is 18.2 Å². The number of methoxy groups -OCH3 is 2. The summed E-state index contributed by atoms with van der Waals surface area (Å²) in [4.78, 5) is 29.0. The van der Waals surface area contributed by atoms with Crippen molar-refractivity contribution in [2.75, 3.05) is 40.4 Å². The largest absolute Gasteiger partial charge is 0.493 e. The van der Waals surface area contributed by atoms with E-state index in [0.29, 0.717) is 24.6 Å². The lowest BCUT2D eigenvalue weighted by Crippen LogP contribution is -2.51. The molecule has 0 aromatic heterocycles. The number of ether oxygens (including phenoxy) is 3. The number of benzene rings is 2. The molecule has 0 radical (unpaired) electrons. The summed E-state index contributed by atoms with van der Waals surface area (Å²) in [6, 6.07) is 15.6. The lowest BCUT2D eigenvalue weighted by Gasteiger charge is -2.35. The topological polar surface area (TPSA) is 68.3 Å². The number of piperazine rings is 1. The number of esters is 1. The van der Waals surface area contributed by atoms with Gasteiger partial charge in [0, 0.05) is 38.8 Å². The summed E-state index contributed by atoms with van der Waals surface area (Å²) < 4.78 is 15.8. The van der Waals surface area contributed by atoms with Gasteiger partial charge in [-0.3, -0.25) is 9.69 Å². The quantitative estimate of drug-likeness (QED) is 0.466. The first-order valence-corrected chi connectivity index (χ1v) is 10.7. The number of carbonyl (C=O) groups is 2. The summed E-state index contributed by atoms with van der Waals surface area (Å²) in [6.45, 7) is 5.31. The van der Waals surface area contributed by atoms with Gasteiger partial charge in [-0.05, 0) is 36.3 Å². The normalized spacial score (nSPS) is 15.4. The molecule has 0 N–H and O–H groups in total. The van der Waals surface area contributed by atoms with E-state index in [1.165, 1.54) is 11.6 Å². The second-order valence-electron chi connectivity index (χ2n) is 7.61. The predicted octanol–water partition coefficient (Wildman–Crippen LogP) is 2.99. The van der Waals surface area contributed by atoms with Crippen molar-refractivity contribution in [2.24, 2.45) is 0 Å². The smallest absolute Gasteiger partial charge is 0.331 e. The second kappa shape index (κ2) is 11.3. The highest BCUT2D eigenvalue weighted by molar-refractivity contribution is 5.90. The molecule has 0 saturated carbocycles. The lowest BCUT2D eigenvalue weighted by molar-refractivity contribution is -0.156. The molecular weight excluding hydrogens is 408 g/mol. The van der Waals surface area contributed by atoms with Gasteiger partial charge in [0.2, 0.25) is 0 Å². The molecule has 1 saturated heterocycles. The van der Waals surface area contributed by atoms with Gasteiger partial charge in [0.25, 0.3) is 5.91 Å². The Bertz CT molecular complexity index is 937. The molecule has 1 aliphatic heterocycles. The number of hydrogen-bond acceptors (Lipinski definition) is 6. The molecule has 2 aromatic carbocycles.